The fourth-order valence-electron chi connectivity index (χ4n) is 6.48. The summed E-state index contributed by atoms with van der Waals surface area (Å²) >= 11 is 0. The van der Waals surface area contributed by atoms with Gasteiger partial charge in [0.2, 0.25) is 0 Å². The van der Waals surface area contributed by atoms with Crippen molar-refractivity contribution in [3.8, 4) is 5.75 Å². The lowest BCUT2D eigenvalue weighted by molar-refractivity contribution is 0.430. The fourth-order valence-corrected chi connectivity index (χ4v) is 9.35. The second-order valence-corrected chi connectivity index (χ2v) is 16.1. The lowest BCUT2D eigenvalue weighted by atomic mass is 9.69. The summed E-state index contributed by atoms with van der Waals surface area (Å²) in [6.07, 6.45) is 1.89. The van der Waals surface area contributed by atoms with Gasteiger partial charge in [-0.2, -0.15) is 0 Å². The van der Waals surface area contributed by atoms with E-state index in [2.05, 4.69) is 157 Å². The maximum absolute atomic E-state index is 12.3. The van der Waals surface area contributed by atoms with Crippen molar-refractivity contribution in [1.29, 1.82) is 0 Å². The van der Waals surface area contributed by atoms with Gasteiger partial charge in [0, 0.05) is 5.56 Å². The van der Waals surface area contributed by atoms with Gasteiger partial charge < -0.3 is 5.11 Å². The number of phenolic OH excluding ortho intramolecular Hbond substituents is 1. The molecule has 1 fully saturated rings. The van der Waals surface area contributed by atoms with Gasteiger partial charge in [-0.3, -0.25) is 4.99 Å². The van der Waals surface area contributed by atoms with Crippen LogP contribution in [0.3, 0.4) is 0 Å². The van der Waals surface area contributed by atoms with Crippen molar-refractivity contribution in [3.63, 3.8) is 0 Å². The second-order valence-electron chi connectivity index (χ2n) is 13.9. The van der Waals surface area contributed by atoms with Crippen LogP contribution >= 0.6 is 7.92 Å². The van der Waals surface area contributed by atoms with E-state index in [-0.39, 0.29) is 10.8 Å². The Kier molecular flexibility index (Phi) is 7.55. The molecule has 43 heavy (non-hydrogen) atoms. The number of benzene rings is 5. The van der Waals surface area contributed by atoms with Gasteiger partial charge in [-0.05, 0) is 76.2 Å². The highest BCUT2D eigenvalue weighted by Gasteiger charge is 2.50. The molecule has 0 bridgehead atoms. The Hall–Kier alpha value is -3.74. The van der Waals surface area contributed by atoms with Crippen molar-refractivity contribution < 1.29 is 5.11 Å². The van der Waals surface area contributed by atoms with E-state index in [1.54, 1.807) is 0 Å². The molecule has 1 saturated heterocycles. The Bertz CT molecular complexity index is 1790. The smallest absolute Gasteiger partial charge is 0.123 e. The number of phenols is 1. The van der Waals surface area contributed by atoms with Gasteiger partial charge in [0.25, 0.3) is 0 Å². The summed E-state index contributed by atoms with van der Waals surface area (Å²) in [4.78, 5) is 5.63. The van der Waals surface area contributed by atoms with E-state index in [1.165, 1.54) is 27.2 Å². The third-order valence-corrected chi connectivity index (χ3v) is 11.5. The number of aliphatic imine (C=N–C) groups is 1. The predicted molar refractivity (Wildman–Crippen MR) is 186 cm³/mol. The molecule has 2 nitrogen and oxygen atoms in total. The van der Waals surface area contributed by atoms with Crippen LogP contribution in [0.1, 0.15) is 70.2 Å². The van der Waals surface area contributed by atoms with E-state index in [9.17, 15) is 5.11 Å². The minimum Gasteiger partial charge on any atom is -0.507 e. The molecule has 0 amide bonds. The topological polar surface area (TPSA) is 32.6 Å². The maximum Gasteiger partial charge on any atom is 0.123 e. The zero-order valence-corrected chi connectivity index (χ0v) is 27.1. The quantitative estimate of drug-likeness (QED) is 0.210. The van der Waals surface area contributed by atoms with Crippen molar-refractivity contribution >= 4 is 35.1 Å². The van der Waals surface area contributed by atoms with Crippen molar-refractivity contribution in [2.75, 3.05) is 6.16 Å². The van der Waals surface area contributed by atoms with Gasteiger partial charge in [0.15, 0.2) is 0 Å². The molecular formula is C40H42NOP. The fraction of sp³-hybridized carbons (Fsp3) is 0.275. The van der Waals surface area contributed by atoms with Crippen LogP contribution in [0.2, 0.25) is 0 Å². The van der Waals surface area contributed by atoms with Crippen LogP contribution in [-0.2, 0) is 16.2 Å². The molecule has 2 unspecified atom stereocenters. The van der Waals surface area contributed by atoms with Gasteiger partial charge in [0.05, 0.1) is 16.6 Å². The zero-order valence-electron chi connectivity index (χ0n) is 26.2. The number of nitrogens with zero attached hydrogens (tertiary/aromatic N) is 1. The normalized spacial score (nSPS) is 20.1. The maximum atomic E-state index is 12.3. The standard InChI is InChI=1S/C40H42NOP/c1-38(2,3)31-26-34(39(4,5)6)36(42)35(27-31)40(30-17-9-7-10-18-30)23-24-43(33-19-11-8-12-20-33)37(40)41-32-22-21-28-15-13-14-16-29(28)25-32/h7-22,25-27,42H,23-24H2,1-6H3. The predicted octanol–water partition coefficient (Wildman–Crippen LogP) is 10.4. The summed E-state index contributed by atoms with van der Waals surface area (Å²) in [6.45, 7) is 13.4. The van der Waals surface area contributed by atoms with Gasteiger partial charge in [-0.1, -0.05) is 145 Å². The molecular weight excluding hydrogens is 541 g/mol. The van der Waals surface area contributed by atoms with E-state index in [4.69, 9.17) is 4.99 Å². The van der Waals surface area contributed by atoms with Crippen molar-refractivity contribution in [2.24, 2.45) is 4.99 Å². The van der Waals surface area contributed by atoms with Crippen LogP contribution in [0, 0.1) is 0 Å². The molecule has 1 aliphatic rings. The molecule has 1 N–H and O–H groups in total. The first-order valence-corrected chi connectivity index (χ1v) is 16.9. The SMILES string of the molecule is CC(C)(C)c1cc(C(C)(C)C)c(O)c(C2(c3ccccc3)CCP(c3ccccc3)C2=Nc2ccc3ccccc3c2)c1. The van der Waals surface area contributed by atoms with Gasteiger partial charge in [-0.15, -0.1) is 0 Å². The molecule has 5 aromatic rings. The average Bonchev–Trinajstić information content (AvgIpc) is 3.36. The summed E-state index contributed by atoms with van der Waals surface area (Å²) < 4.78 is 0. The number of aromatic hydroxyl groups is 1. The Morgan fingerprint density at radius 3 is 1.95 bits per heavy atom. The minimum absolute atomic E-state index is 0.0846. The summed E-state index contributed by atoms with van der Waals surface area (Å²) in [6, 6.07) is 41.2. The lowest BCUT2D eigenvalue weighted by Gasteiger charge is -2.36. The Balaban J connectivity index is 1.71. The monoisotopic (exact) mass is 583 g/mol. The molecule has 0 aliphatic carbocycles. The molecule has 0 radical (unpaired) electrons. The van der Waals surface area contributed by atoms with Crippen LogP contribution in [-0.4, -0.2) is 16.7 Å². The van der Waals surface area contributed by atoms with Gasteiger partial charge in [-0.25, -0.2) is 0 Å². The van der Waals surface area contributed by atoms with Crippen LogP contribution in [0.4, 0.5) is 5.69 Å². The summed E-state index contributed by atoms with van der Waals surface area (Å²) in [7, 11) is -0.755. The molecule has 5 aromatic carbocycles. The molecule has 3 heteroatoms. The molecule has 218 valence electrons. The van der Waals surface area contributed by atoms with E-state index >= 15 is 0 Å². The second kappa shape index (κ2) is 11.1. The van der Waals surface area contributed by atoms with Crippen molar-refractivity contribution in [3.05, 3.63) is 138 Å². The minimum atomic E-state index is -0.755. The van der Waals surface area contributed by atoms with E-state index in [0.29, 0.717) is 5.75 Å². The van der Waals surface area contributed by atoms with Crippen LogP contribution < -0.4 is 5.30 Å². The Morgan fingerprint density at radius 2 is 1.30 bits per heavy atom. The molecule has 2 atom stereocenters. The molecule has 0 spiro atoms. The highest BCUT2D eigenvalue weighted by molar-refractivity contribution is 7.82. The van der Waals surface area contributed by atoms with Gasteiger partial charge in [0.1, 0.15) is 5.75 Å². The summed E-state index contributed by atoms with van der Waals surface area (Å²) in [5.41, 5.74) is 5.65. The average molecular weight is 584 g/mol. The molecule has 1 heterocycles. The molecule has 0 aromatic heterocycles. The van der Waals surface area contributed by atoms with Crippen LogP contribution in [0.5, 0.6) is 5.75 Å². The number of fused-ring (bicyclic) bond motifs is 1. The largest absolute Gasteiger partial charge is 0.507 e. The van der Waals surface area contributed by atoms with E-state index in [0.717, 1.165) is 34.8 Å². The molecule has 0 saturated carbocycles. The zero-order chi connectivity index (χ0) is 30.4. The summed E-state index contributed by atoms with van der Waals surface area (Å²) in [5.74, 6) is 0.403. The highest BCUT2D eigenvalue weighted by atomic mass is 31.1. The summed E-state index contributed by atoms with van der Waals surface area (Å²) in [5, 5.41) is 16.1. The number of rotatable bonds is 4. The van der Waals surface area contributed by atoms with Crippen molar-refractivity contribution in [1.82, 2.24) is 0 Å². The third kappa shape index (κ3) is 5.43. The number of hydrogen-bond acceptors (Lipinski definition) is 2. The van der Waals surface area contributed by atoms with E-state index in [1.807, 2.05) is 0 Å². The first kappa shape index (κ1) is 29.3. The Labute approximate surface area is 258 Å². The first-order chi connectivity index (χ1) is 20.5. The van der Waals surface area contributed by atoms with E-state index < -0.39 is 13.3 Å². The lowest BCUT2D eigenvalue weighted by Crippen LogP contribution is -2.34. The third-order valence-electron chi connectivity index (χ3n) is 8.89. The number of hydrogen-bond donors (Lipinski definition) is 1. The van der Waals surface area contributed by atoms with Gasteiger partial charge >= 0.3 is 0 Å². The molecule has 1 aliphatic heterocycles. The molecule has 6 rings (SSSR count). The van der Waals surface area contributed by atoms with Crippen LogP contribution in [0.25, 0.3) is 10.8 Å². The van der Waals surface area contributed by atoms with Crippen LogP contribution in [0.15, 0.2) is 120 Å². The highest BCUT2D eigenvalue weighted by Crippen LogP contribution is 2.60. The van der Waals surface area contributed by atoms with Crippen molar-refractivity contribution in [2.45, 2.75) is 64.2 Å². The first-order valence-electron chi connectivity index (χ1n) is 15.3. The Morgan fingerprint density at radius 1 is 0.674 bits per heavy atom.